The first-order valence-corrected chi connectivity index (χ1v) is 8.60. The van der Waals surface area contributed by atoms with Gasteiger partial charge in [-0.3, -0.25) is 9.78 Å². The molecule has 1 aromatic heterocycles. The number of carbonyl (C=O) groups is 1. The summed E-state index contributed by atoms with van der Waals surface area (Å²) < 4.78 is 5.68. The number of hydrogen-bond donors (Lipinski definition) is 3. The van der Waals surface area contributed by atoms with Gasteiger partial charge in [0.15, 0.2) is 6.61 Å². The largest absolute Gasteiger partial charge is 0.483 e. The lowest BCUT2D eigenvalue weighted by Gasteiger charge is -2.20. The van der Waals surface area contributed by atoms with Crippen molar-refractivity contribution in [2.45, 2.75) is 32.5 Å². The lowest BCUT2D eigenvalue weighted by Crippen LogP contribution is -2.47. The number of nitrogens with zero attached hydrogens (tertiary/aromatic N) is 1. The summed E-state index contributed by atoms with van der Waals surface area (Å²) >= 11 is 0. The number of para-hydroxylation sites is 1. The molecule has 2 heterocycles. The third-order valence-corrected chi connectivity index (χ3v) is 4.54. The Morgan fingerprint density at radius 3 is 2.72 bits per heavy atom. The SMILES string of the molecule is CCc1ccccc1OCC(=O)NC1NNC(c2ccncc2)C1C. The maximum atomic E-state index is 12.2. The van der Waals surface area contributed by atoms with Gasteiger partial charge in [0.2, 0.25) is 0 Å². The molecule has 2 aromatic rings. The molecule has 6 heteroatoms. The van der Waals surface area contributed by atoms with Crippen LogP contribution in [-0.2, 0) is 11.2 Å². The summed E-state index contributed by atoms with van der Waals surface area (Å²) in [5, 5.41) is 2.98. The van der Waals surface area contributed by atoms with Crippen molar-refractivity contribution in [2.24, 2.45) is 5.92 Å². The van der Waals surface area contributed by atoms with E-state index in [0.29, 0.717) is 0 Å². The Morgan fingerprint density at radius 1 is 1.20 bits per heavy atom. The molecule has 1 amide bonds. The lowest BCUT2D eigenvalue weighted by molar-refractivity contribution is -0.124. The average Bonchev–Trinajstić information content (AvgIpc) is 3.01. The Kier molecular flexibility index (Phi) is 5.63. The minimum Gasteiger partial charge on any atom is -0.483 e. The standard InChI is InChI=1S/C19H24N4O2/c1-3-14-6-4-5-7-16(14)25-12-17(24)21-19-13(2)18(22-23-19)15-8-10-20-11-9-15/h4-11,13,18-19,22-23H,3,12H2,1-2H3,(H,21,24). The highest BCUT2D eigenvalue weighted by Crippen LogP contribution is 2.26. The fourth-order valence-corrected chi connectivity index (χ4v) is 3.06. The van der Waals surface area contributed by atoms with Crippen LogP contribution in [0.4, 0.5) is 0 Å². The van der Waals surface area contributed by atoms with Crippen molar-refractivity contribution in [1.82, 2.24) is 21.2 Å². The van der Waals surface area contributed by atoms with E-state index in [4.69, 9.17) is 4.74 Å². The van der Waals surface area contributed by atoms with E-state index in [0.717, 1.165) is 23.3 Å². The molecular weight excluding hydrogens is 316 g/mol. The van der Waals surface area contributed by atoms with E-state index in [2.05, 4.69) is 35.0 Å². The smallest absolute Gasteiger partial charge is 0.259 e. The number of amides is 1. The van der Waals surface area contributed by atoms with Gasteiger partial charge in [-0.2, -0.15) is 0 Å². The van der Waals surface area contributed by atoms with Gasteiger partial charge in [0, 0.05) is 18.3 Å². The number of hydrogen-bond acceptors (Lipinski definition) is 5. The lowest BCUT2D eigenvalue weighted by atomic mass is 9.95. The highest BCUT2D eigenvalue weighted by Gasteiger charge is 2.34. The van der Waals surface area contributed by atoms with E-state index < -0.39 is 0 Å². The number of ether oxygens (including phenoxy) is 1. The van der Waals surface area contributed by atoms with Crippen molar-refractivity contribution in [3.05, 3.63) is 59.9 Å². The molecule has 0 spiro atoms. The number of rotatable bonds is 6. The predicted octanol–water partition coefficient (Wildman–Crippen LogP) is 1.95. The second-order valence-electron chi connectivity index (χ2n) is 6.20. The molecule has 0 aliphatic carbocycles. The molecule has 0 saturated carbocycles. The van der Waals surface area contributed by atoms with Crippen LogP contribution in [0, 0.1) is 5.92 Å². The summed E-state index contributed by atoms with van der Waals surface area (Å²) in [7, 11) is 0. The number of hydrazine groups is 1. The molecule has 3 rings (SSSR count). The monoisotopic (exact) mass is 340 g/mol. The van der Waals surface area contributed by atoms with E-state index in [1.54, 1.807) is 12.4 Å². The summed E-state index contributed by atoms with van der Waals surface area (Å²) in [6.45, 7) is 4.16. The van der Waals surface area contributed by atoms with Gasteiger partial charge in [-0.1, -0.05) is 32.0 Å². The fourth-order valence-electron chi connectivity index (χ4n) is 3.06. The number of carbonyl (C=O) groups excluding carboxylic acids is 1. The summed E-state index contributed by atoms with van der Waals surface area (Å²) in [6.07, 6.45) is 4.26. The first-order valence-electron chi connectivity index (χ1n) is 8.60. The molecule has 3 atom stereocenters. The molecular formula is C19H24N4O2. The van der Waals surface area contributed by atoms with Crippen LogP contribution in [0.15, 0.2) is 48.8 Å². The van der Waals surface area contributed by atoms with E-state index in [-0.39, 0.29) is 30.6 Å². The van der Waals surface area contributed by atoms with E-state index >= 15 is 0 Å². The summed E-state index contributed by atoms with van der Waals surface area (Å²) in [5.74, 6) is 0.807. The van der Waals surface area contributed by atoms with Crippen LogP contribution < -0.4 is 20.9 Å². The fraction of sp³-hybridized carbons (Fsp3) is 0.368. The predicted molar refractivity (Wildman–Crippen MR) is 95.7 cm³/mol. The number of benzene rings is 1. The molecule has 0 bridgehead atoms. The van der Waals surface area contributed by atoms with Crippen molar-refractivity contribution in [3.63, 3.8) is 0 Å². The first-order chi connectivity index (χ1) is 12.2. The zero-order valence-electron chi connectivity index (χ0n) is 14.5. The number of aromatic nitrogens is 1. The number of nitrogens with one attached hydrogen (secondary N) is 3. The maximum Gasteiger partial charge on any atom is 0.259 e. The Bertz CT molecular complexity index is 708. The van der Waals surface area contributed by atoms with Crippen LogP contribution in [0.1, 0.15) is 31.0 Å². The van der Waals surface area contributed by atoms with Crippen LogP contribution in [0.25, 0.3) is 0 Å². The van der Waals surface area contributed by atoms with Gasteiger partial charge < -0.3 is 10.1 Å². The average molecular weight is 340 g/mol. The van der Waals surface area contributed by atoms with Crippen molar-refractivity contribution in [2.75, 3.05) is 6.61 Å². The molecule has 1 aromatic carbocycles. The van der Waals surface area contributed by atoms with Gasteiger partial charge in [-0.25, -0.2) is 10.9 Å². The van der Waals surface area contributed by atoms with Crippen molar-refractivity contribution >= 4 is 5.91 Å². The van der Waals surface area contributed by atoms with Crippen LogP contribution >= 0.6 is 0 Å². The highest BCUT2D eigenvalue weighted by molar-refractivity contribution is 5.77. The van der Waals surface area contributed by atoms with Crippen molar-refractivity contribution in [3.8, 4) is 5.75 Å². The zero-order valence-corrected chi connectivity index (χ0v) is 14.5. The molecule has 6 nitrogen and oxygen atoms in total. The molecule has 1 fully saturated rings. The van der Waals surface area contributed by atoms with Crippen LogP contribution in [-0.4, -0.2) is 23.7 Å². The molecule has 1 saturated heterocycles. The topological polar surface area (TPSA) is 75.3 Å². The van der Waals surface area contributed by atoms with Crippen LogP contribution in [0.3, 0.4) is 0 Å². The molecule has 1 aliphatic heterocycles. The summed E-state index contributed by atoms with van der Waals surface area (Å²) in [5.41, 5.74) is 8.62. The number of pyridine rings is 1. The third-order valence-electron chi connectivity index (χ3n) is 4.54. The van der Waals surface area contributed by atoms with Crippen LogP contribution in [0.5, 0.6) is 5.75 Å². The molecule has 132 valence electrons. The van der Waals surface area contributed by atoms with E-state index in [9.17, 15) is 4.79 Å². The Balaban J connectivity index is 1.53. The van der Waals surface area contributed by atoms with Gasteiger partial charge in [-0.15, -0.1) is 0 Å². The zero-order chi connectivity index (χ0) is 17.6. The molecule has 3 N–H and O–H groups in total. The normalized spacial score (nSPS) is 22.6. The van der Waals surface area contributed by atoms with Crippen molar-refractivity contribution in [1.29, 1.82) is 0 Å². The maximum absolute atomic E-state index is 12.2. The molecule has 3 unspecified atom stereocenters. The molecule has 1 aliphatic rings. The number of aryl methyl sites for hydroxylation is 1. The van der Waals surface area contributed by atoms with E-state index in [1.165, 1.54) is 0 Å². The third kappa shape index (κ3) is 4.15. The minimum atomic E-state index is -0.157. The van der Waals surface area contributed by atoms with Gasteiger partial charge in [0.1, 0.15) is 5.75 Å². The summed E-state index contributed by atoms with van der Waals surface area (Å²) in [4.78, 5) is 16.3. The minimum absolute atomic E-state index is 0.00182. The van der Waals surface area contributed by atoms with Gasteiger partial charge >= 0.3 is 0 Å². The quantitative estimate of drug-likeness (QED) is 0.749. The highest BCUT2D eigenvalue weighted by atomic mass is 16.5. The Labute approximate surface area is 148 Å². The Morgan fingerprint density at radius 2 is 1.96 bits per heavy atom. The second kappa shape index (κ2) is 8.09. The van der Waals surface area contributed by atoms with E-state index in [1.807, 2.05) is 36.4 Å². The molecule has 0 radical (unpaired) electrons. The van der Waals surface area contributed by atoms with Crippen molar-refractivity contribution < 1.29 is 9.53 Å². The Hall–Kier alpha value is -2.44. The molecule has 25 heavy (non-hydrogen) atoms. The van der Waals surface area contributed by atoms with Crippen LogP contribution in [0.2, 0.25) is 0 Å². The first kappa shape index (κ1) is 17.4. The van der Waals surface area contributed by atoms with Gasteiger partial charge in [-0.05, 0) is 35.7 Å². The van der Waals surface area contributed by atoms with Gasteiger partial charge in [0.05, 0.1) is 12.2 Å². The van der Waals surface area contributed by atoms with Gasteiger partial charge in [0.25, 0.3) is 5.91 Å². The second-order valence-corrected chi connectivity index (χ2v) is 6.20. The summed E-state index contributed by atoms with van der Waals surface area (Å²) in [6, 6.07) is 11.9.